The van der Waals surface area contributed by atoms with E-state index in [4.69, 9.17) is 18.0 Å². The summed E-state index contributed by atoms with van der Waals surface area (Å²) in [5, 5.41) is 0. The molecule has 0 aromatic heterocycles. The zero-order valence-corrected chi connectivity index (χ0v) is 10.9. The van der Waals surface area contributed by atoms with Gasteiger partial charge in [-0.1, -0.05) is 26.1 Å². The van der Waals surface area contributed by atoms with Gasteiger partial charge in [-0.25, -0.2) is 0 Å². The predicted molar refractivity (Wildman–Crippen MR) is 70.1 cm³/mol. The summed E-state index contributed by atoms with van der Waals surface area (Å²) in [6.45, 7) is 8.35. The largest absolute Gasteiger partial charge is 0.393 e. The molecule has 0 saturated carbocycles. The molecule has 15 heavy (non-hydrogen) atoms. The van der Waals surface area contributed by atoms with Crippen LogP contribution in [-0.4, -0.2) is 29.5 Å². The van der Waals surface area contributed by atoms with Crippen molar-refractivity contribution in [2.45, 2.75) is 46.0 Å². The van der Waals surface area contributed by atoms with Gasteiger partial charge in [-0.05, 0) is 50.6 Å². The average molecular weight is 228 g/mol. The highest BCUT2D eigenvalue weighted by Crippen LogP contribution is 2.36. The van der Waals surface area contributed by atoms with Gasteiger partial charge in [-0.2, -0.15) is 0 Å². The Kier molecular flexibility index (Phi) is 5.00. The van der Waals surface area contributed by atoms with E-state index in [1.807, 2.05) is 0 Å². The molecule has 0 aromatic rings. The van der Waals surface area contributed by atoms with Crippen molar-refractivity contribution >= 4 is 17.2 Å². The number of nitrogens with two attached hydrogens (primary N) is 1. The van der Waals surface area contributed by atoms with Crippen LogP contribution in [0.25, 0.3) is 0 Å². The van der Waals surface area contributed by atoms with Crippen molar-refractivity contribution in [2.24, 2.45) is 11.1 Å². The zero-order valence-electron chi connectivity index (χ0n) is 10.1. The van der Waals surface area contributed by atoms with E-state index in [0.717, 1.165) is 12.8 Å². The van der Waals surface area contributed by atoms with E-state index in [1.165, 1.54) is 38.9 Å². The first kappa shape index (κ1) is 12.9. The summed E-state index contributed by atoms with van der Waals surface area (Å²) in [5.74, 6) is 0. The molecule has 2 nitrogen and oxygen atoms in total. The maximum Gasteiger partial charge on any atom is 0.0727 e. The molecule has 1 rings (SSSR count). The molecular weight excluding hydrogens is 204 g/mol. The van der Waals surface area contributed by atoms with Gasteiger partial charge in [0, 0.05) is 6.54 Å². The molecule has 1 saturated heterocycles. The Morgan fingerprint density at radius 1 is 1.40 bits per heavy atom. The molecule has 2 N–H and O–H groups in total. The van der Waals surface area contributed by atoms with Crippen LogP contribution in [0.1, 0.15) is 46.0 Å². The summed E-state index contributed by atoms with van der Waals surface area (Å²) >= 11 is 4.89. The van der Waals surface area contributed by atoms with E-state index in [-0.39, 0.29) is 0 Å². The Morgan fingerprint density at radius 2 is 2.07 bits per heavy atom. The van der Waals surface area contributed by atoms with Crippen LogP contribution in [0.3, 0.4) is 0 Å². The molecule has 0 aromatic carbocycles. The van der Waals surface area contributed by atoms with Crippen LogP contribution in [0.15, 0.2) is 0 Å². The van der Waals surface area contributed by atoms with E-state index in [2.05, 4.69) is 18.7 Å². The number of likely N-dealkylation sites (tertiary alicyclic amines) is 1. The van der Waals surface area contributed by atoms with E-state index < -0.39 is 0 Å². The van der Waals surface area contributed by atoms with Crippen LogP contribution in [0.4, 0.5) is 0 Å². The monoisotopic (exact) mass is 228 g/mol. The topological polar surface area (TPSA) is 29.3 Å². The number of nitrogens with zero attached hydrogens (tertiary/aromatic N) is 1. The van der Waals surface area contributed by atoms with E-state index in [0.29, 0.717) is 10.4 Å². The molecule has 0 aliphatic carbocycles. The number of rotatable bonds is 6. The third kappa shape index (κ3) is 3.72. The molecule has 0 spiro atoms. The second-order valence-electron chi connectivity index (χ2n) is 4.80. The van der Waals surface area contributed by atoms with Gasteiger partial charge in [0.1, 0.15) is 0 Å². The van der Waals surface area contributed by atoms with Crippen LogP contribution in [0, 0.1) is 5.41 Å². The molecule has 0 bridgehead atoms. The lowest BCUT2D eigenvalue weighted by Crippen LogP contribution is -2.27. The normalized spacial score (nSPS) is 20.7. The van der Waals surface area contributed by atoms with Crippen LogP contribution in [0.5, 0.6) is 0 Å². The Labute approximate surface area is 99.2 Å². The first-order valence-electron chi connectivity index (χ1n) is 6.12. The van der Waals surface area contributed by atoms with Crippen molar-refractivity contribution in [1.29, 1.82) is 0 Å². The molecule has 1 heterocycles. The van der Waals surface area contributed by atoms with Gasteiger partial charge in [0.25, 0.3) is 0 Å². The maximum atomic E-state index is 5.50. The Balaban J connectivity index is 2.27. The van der Waals surface area contributed by atoms with Crippen LogP contribution in [0.2, 0.25) is 0 Å². The Hall–Kier alpha value is -0.150. The van der Waals surface area contributed by atoms with Crippen molar-refractivity contribution in [2.75, 3.05) is 19.6 Å². The van der Waals surface area contributed by atoms with E-state index in [9.17, 15) is 0 Å². The van der Waals surface area contributed by atoms with Gasteiger partial charge in [0.2, 0.25) is 0 Å². The summed E-state index contributed by atoms with van der Waals surface area (Å²) in [5.41, 5.74) is 6.10. The average Bonchev–Trinajstić information content (AvgIpc) is 2.62. The summed E-state index contributed by atoms with van der Waals surface area (Å²) in [7, 11) is 0. The van der Waals surface area contributed by atoms with Crippen LogP contribution >= 0.6 is 12.2 Å². The lowest BCUT2D eigenvalue weighted by Gasteiger charge is -2.26. The Morgan fingerprint density at radius 3 is 2.53 bits per heavy atom. The van der Waals surface area contributed by atoms with Crippen LogP contribution < -0.4 is 5.73 Å². The predicted octanol–water partition coefficient (Wildman–Crippen LogP) is 2.56. The minimum atomic E-state index is 0.600. The molecule has 1 fully saturated rings. The van der Waals surface area contributed by atoms with Crippen molar-refractivity contribution in [3.63, 3.8) is 0 Å². The molecule has 3 heteroatoms. The molecule has 0 atom stereocenters. The van der Waals surface area contributed by atoms with Gasteiger partial charge in [0.15, 0.2) is 0 Å². The summed E-state index contributed by atoms with van der Waals surface area (Å²) in [6, 6.07) is 0. The minimum absolute atomic E-state index is 0.600. The number of hydrogen-bond acceptors (Lipinski definition) is 2. The van der Waals surface area contributed by atoms with Gasteiger partial charge >= 0.3 is 0 Å². The third-order valence-corrected chi connectivity index (χ3v) is 4.12. The molecular formula is C12H24N2S. The fraction of sp³-hybridized carbons (Fsp3) is 0.917. The first-order valence-corrected chi connectivity index (χ1v) is 6.53. The van der Waals surface area contributed by atoms with Gasteiger partial charge in [-0.15, -0.1) is 0 Å². The van der Waals surface area contributed by atoms with Crippen molar-refractivity contribution in [3.05, 3.63) is 0 Å². The smallest absolute Gasteiger partial charge is 0.0727 e. The maximum absolute atomic E-state index is 5.50. The third-order valence-electron chi connectivity index (χ3n) is 3.91. The fourth-order valence-corrected chi connectivity index (χ4v) is 2.67. The summed E-state index contributed by atoms with van der Waals surface area (Å²) < 4.78 is 0. The zero-order chi connectivity index (χ0) is 11.3. The second kappa shape index (κ2) is 5.80. The summed E-state index contributed by atoms with van der Waals surface area (Å²) in [6.07, 6.45) is 6.02. The fourth-order valence-electron chi connectivity index (χ4n) is 2.52. The summed E-state index contributed by atoms with van der Waals surface area (Å²) in [4.78, 5) is 3.23. The SMILES string of the molecule is CCC1(CC)CCN(CCCC(N)=S)C1. The number of thiocarbonyl (C=S) groups is 1. The van der Waals surface area contributed by atoms with Crippen molar-refractivity contribution in [3.8, 4) is 0 Å². The van der Waals surface area contributed by atoms with Crippen molar-refractivity contribution in [1.82, 2.24) is 4.90 Å². The standard InChI is InChI=1S/C12H24N2S/c1-3-12(4-2)7-9-14(10-12)8-5-6-11(13)15/h3-10H2,1-2H3,(H2,13,15). The minimum Gasteiger partial charge on any atom is -0.393 e. The molecule has 1 aliphatic heterocycles. The lowest BCUT2D eigenvalue weighted by atomic mass is 9.82. The quantitative estimate of drug-likeness (QED) is 0.709. The Bertz CT molecular complexity index is 212. The molecule has 1 aliphatic rings. The van der Waals surface area contributed by atoms with Gasteiger partial charge in [0.05, 0.1) is 4.99 Å². The highest BCUT2D eigenvalue weighted by Gasteiger charge is 2.34. The molecule has 0 amide bonds. The number of hydrogen-bond donors (Lipinski definition) is 1. The highest BCUT2D eigenvalue weighted by molar-refractivity contribution is 7.80. The molecule has 0 unspecified atom stereocenters. The van der Waals surface area contributed by atoms with Crippen molar-refractivity contribution < 1.29 is 0 Å². The first-order chi connectivity index (χ1) is 7.12. The highest BCUT2D eigenvalue weighted by atomic mass is 32.1. The lowest BCUT2D eigenvalue weighted by molar-refractivity contribution is 0.240. The second-order valence-corrected chi connectivity index (χ2v) is 5.33. The molecule has 88 valence electrons. The van der Waals surface area contributed by atoms with Gasteiger partial charge in [-0.3, -0.25) is 0 Å². The van der Waals surface area contributed by atoms with Gasteiger partial charge < -0.3 is 10.6 Å². The van der Waals surface area contributed by atoms with Crippen LogP contribution in [-0.2, 0) is 0 Å². The van der Waals surface area contributed by atoms with E-state index >= 15 is 0 Å². The van der Waals surface area contributed by atoms with E-state index in [1.54, 1.807) is 0 Å². The molecule has 0 radical (unpaired) electrons.